The van der Waals surface area contributed by atoms with E-state index in [9.17, 15) is 58.8 Å². The lowest BCUT2D eigenvalue weighted by molar-refractivity contribution is -0.317. The molecule has 0 aliphatic carbocycles. The van der Waals surface area contributed by atoms with Gasteiger partial charge in [0.05, 0.1) is 13.2 Å². The average molecular weight is 1350 g/mol. The molecular weight excluding hydrogens is 1230 g/mol. The first-order valence-electron chi connectivity index (χ1n) is 33.0. The van der Waals surface area contributed by atoms with Gasteiger partial charge < -0.3 is 60.2 Å². The molecule has 12 atom stereocenters. The van der Waals surface area contributed by atoms with Crippen LogP contribution < -0.4 is 10.6 Å². The molecule has 0 aromatic rings. The molecule has 3 unspecified atom stereocenters. The van der Waals surface area contributed by atoms with Gasteiger partial charge in [-0.2, -0.15) is 4.31 Å². The Morgan fingerprint density at radius 3 is 1.06 bits per heavy atom. The SMILES string of the molecule is CC(=O)N[C@H]1[C@@H](OP(=O)(O)OP(=O)(O)OC/C=C(\C)CC/C=C(\C)CC/C=C(\C)CC/C=C(\C)CC/C=C(\C)CC/C=C(\C)CC/C=C(\C)CC/C=C(\C)CC/C=C(\C)CC/C=C(\C)CCC=C(C)C)O[C@H](CO)[C@@H](O)[C@@H]1OC1O[C@H](C(=O)O)[C@@H](O)[C@H](O)[C@@H]1NC(C)=O. The van der Waals surface area contributed by atoms with E-state index in [0.29, 0.717) is 12.8 Å². The topological polar surface area (TPSA) is 306 Å². The number of carboxylic acids is 1. The summed E-state index contributed by atoms with van der Waals surface area (Å²) in [5, 5.41) is 56.4. The molecule has 93 heavy (non-hydrogen) atoms. The third-order valence-corrected chi connectivity index (χ3v) is 18.8. The van der Waals surface area contributed by atoms with E-state index < -0.39 is 108 Å². The fourth-order valence-corrected chi connectivity index (χ4v) is 12.6. The summed E-state index contributed by atoms with van der Waals surface area (Å²) in [4.78, 5) is 57.3. The first-order valence-corrected chi connectivity index (χ1v) is 36.0. The van der Waals surface area contributed by atoms with Crippen LogP contribution in [0.25, 0.3) is 0 Å². The van der Waals surface area contributed by atoms with Gasteiger partial charge in [0.15, 0.2) is 18.7 Å². The van der Waals surface area contributed by atoms with Crippen LogP contribution in [0.4, 0.5) is 0 Å². The standard InChI is InChI=1S/C71H116N2O18P2/c1-48(2)25-15-26-49(3)27-16-28-50(4)29-17-30-51(5)31-18-32-52(6)33-19-34-53(7)35-20-36-54(8)37-21-38-55(9)39-22-40-56(10)41-23-42-57(11)43-24-44-58(12)45-46-86-92(82,83)91-93(84,85)90-71-63(73-60(14)76)67(64(77)61(47-74)87-71)88-70-62(72-59(13)75)65(78)66(79)68(89-70)69(80)81/h25,27,29,31,33,35,37,39,41,43,45,61-68,70-71,74,77-79H,15-24,26,28,30,32,34,36,38,40,42,44,46-47H2,1-14H3,(H,72,75)(H,73,76)(H,80,81)(H,82,83)(H,84,85)/b49-27+,50-29+,51-31+,52-33+,53-35+,54-37+,55-39+,56-41+,57-43+,58-45+/t61-,62+,63-,64-,65-,66+,67-,68+,70?,71-/m1/s1. The Morgan fingerprint density at radius 1 is 0.430 bits per heavy atom. The summed E-state index contributed by atoms with van der Waals surface area (Å²) in [6, 6.07) is -3.56. The number of hydrogen-bond acceptors (Lipinski definition) is 15. The normalized spacial score (nSPS) is 24.9. The molecule has 2 saturated heterocycles. The number of allylic oxidation sites excluding steroid dienone is 21. The summed E-state index contributed by atoms with van der Waals surface area (Å²) in [7, 11) is -11.1. The number of carbonyl (C=O) groups excluding carboxylic acids is 2. The Balaban J connectivity index is 1.74. The van der Waals surface area contributed by atoms with Gasteiger partial charge in [-0.1, -0.05) is 128 Å². The maximum Gasteiger partial charge on any atom is 0.483 e. The predicted molar refractivity (Wildman–Crippen MR) is 367 cm³/mol. The highest BCUT2D eigenvalue weighted by Crippen LogP contribution is 2.61. The molecule has 20 nitrogen and oxygen atoms in total. The van der Waals surface area contributed by atoms with E-state index in [0.717, 1.165) is 135 Å². The van der Waals surface area contributed by atoms with E-state index in [-0.39, 0.29) is 0 Å². The fourth-order valence-electron chi connectivity index (χ4n) is 10.5. The number of ether oxygens (including phenoxy) is 3. The molecule has 528 valence electrons. The smallest absolute Gasteiger partial charge is 0.479 e. The number of amides is 2. The second kappa shape index (κ2) is 45.1. The van der Waals surface area contributed by atoms with E-state index in [1.165, 1.54) is 61.8 Å². The molecular formula is C71H116N2O18P2. The van der Waals surface area contributed by atoms with Gasteiger partial charge >= 0.3 is 21.6 Å². The fraction of sp³-hybridized carbons (Fsp3) is 0.648. The van der Waals surface area contributed by atoms with Gasteiger partial charge in [0.2, 0.25) is 11.8 Å². The molecule has 9 N–H and O–H groups in total. The van der Waals surface area contributed by atoms with E-state index in [2.05, 4.69) is 152 Å². The molecule has 2 aliphatic rings. The van der Waals surface area contributed by atoms with Crippen LogP contribution in [0.1, 0.15) is 225 Å². The first-order chi connectivity index (χ1) is 43.7. The van der Waals surface area contributed by atoms with Crippen molar-refractivity contribution in [3.63, 3.8) is 0 Å². The minimum Gasteiger partial charge on any atom is -0.479 e. The molecule has 0 spiro atoms. The highest BCUT2D eigenvalue weighted by molar-refractivity contribution is 7.61. The van der Waals surface area contributed by atoms with Crippen molar-refractivity contribution in [3.05, 3.63) is 128 Å². The number of aliphatic hydroxyl groups excluding tert-OH is 4. The van der Waals surface area contributed by atoms with Crippen molar-refractivity contribution in [1.82, 2.24) is 10.6 Å². The van der Waals surface area contributed by atoms with Gasteiger partial charge in [0.1, 0.15) is 42.6 Å². The lowest BCUT2D eigenvalue weighted by atomic mass is 9.94. The molecule has 0 aromatic carbocycles. The van der Waals surface area contributed by atoms with Crippen LogP contribution in [0.2, 0.25) is 0 Å². The minimum atomic E-state index is -5.72. The number of carboxylic acid groups (broad SMARTS) is 1. The first kappa shape index (κ1) is 84.6. The van der Waals surface area contributed by atoms with Gasteiger partial charge in [-0.15, -0.1) is 0 Å². The molecule has 2 aliphatic heterocycles. The van der Waals surface area contributed by atoms with Gasteiger partial charge in [-0.05, 0) is 212 Å². The number of phosphoric ester groups is 2. The Bertz CT molecular complexity index is 2800. The van der Waals surface area contributed by atoms with Crippen molar-refractivity contribution >= 4 is 33.4 Å². The third kappa shape index (κ3) is 37.0. The Morgan fingerprint density at radius 2 is 0.753 bits per heavy atom. The zero-order valence-electron chi connectivity index (χ0n) is 58.2. The molecule has 2 rings (SSSR count). The van der Waals surface area contributed by atoms with Crippen LogP contribution in [0.15, 0.2) is 128 Å². The summed E-state index contributed by atoms with van der Waals surface area (Å²) < 4.78 is 57.2. The van der Waals surface area contributed by atoms with Gasteiger partial charge in [0, 0.05) is 13.8 Å². The minimum absolute atomic E-state index is 0.512. The largest absolute Gasteiger partial charge is 0.483 e. The number of phosphoric acid groups is 2. The molecule has 2 heterocycles. The molecule has 0 saturated carbocycles. The Hall–Kier alpha value is -4.47. The summed E-state index contributed by atoms with van der Waals surface area (Å²) in [6.07, 6.45) is 29.7. The number of carbonyl (C=O) groups is 3. The van der Waals surface area contributed by atoms with Crippen molar-refractivity contribution in [2.45, 2.75) is 287 Å². The van der Waals surface area contributed by atoms with Crippen LogP contribution in [0, 0.1) is 0 Å². The number of aliphatic carboxylic acids is 1. The monoisotopic (exact) mass is 1350 g/mol. The molecule has 2 amide bonds. The number of rotatable bonds is 43. The zero-order chi connectivity index (χ0) is 69.8. The van der Waals surface area contributed by atoms with Crippen molar-refractivity contribution in [3.8, 4) is 0 Å². The quantitative estimate of drug-likeness (QED) is 0.0202. The van der Waals surface area contributed by atoms with Crippen LogP contribution in [0.3, 0.4) is 0 Å². The highest BCUT2D eigenvalue weighted by atomic mass is 31.3. The Labute approximate surface area is 556 Å². The van der Waals surface area contributed by atoms with E-state index >= 15 is 0 Å². The lowest BCUT2D eigenvalue weighted by Gasteiger charge is -2.47. The highest BCUT2D eigenvalue weighted by Gasteiger charge is 2.55. The van der Waals surface area contributed by atoms with Gasteiger partial charge in [-0.25, -0.2) is 13.9 Å². The van der Waals surface area contributed by atoms with Crippen molar-refractivity contribution in [1.29, 1.82) is 0 Å². The van der Waals surface area contributed by atoms with Crippen LogP contribution in [0.5, 0.6) is 0 Å². The van der Waals surface area contributed by atoms with Crippen molar-refractivity contribution in [2.24, 2.45) is 0 Å². The van der Waals surface area contributed by atoms with Gasteiger partial charge in [-0.3, -0.25) is 18.6 Å². The summed E-state index contributed by atoms with van der Waals surface area (Å²) in [6.45, 7) is 26.6. The molecule has 0 radical (unpaired) electrons. The summed E-state index contributed by atoms with van der Waals surface area (Å²) in [5.41, 5.74) is 15.0. The summed E-state index contributed by atoms with van der Waals surface area (Å²) in [5.74, 6) is -3.42. The van der Waals surface area contributed by atoms with E-state index in [1.807, 2.05) is 0 Å². The van der Waals surface area contributed by atoms with E-state index in [4.69, 9.17) is 23.3 Å². The lowest BCUT2D eigenvalue weighted by Crippen LogP contribution is -2.70. The number of nitrogens with one attached hydrogen (secondary N) is 2. The third-order valence-electron chi connectivity index (χ3n) is 16.2. The van der Waals surface area contributed by atoms with Crippen molar-refractivity contribution < 1.29 is 86.4 Å². The zero-order valence-corrected chi connectivity index (χ0v) is 60.0. The Kier molecular flexibility index (Phi) is 41.0. The molecule has 22 heteroatoms. The summed E-state index contributed by atoms with van der Waals surface area (Å²) >= 11 is 0. The maximum atomic E-state index is 13.2. The molecule has 0 aromatic heterocycles. The van der Waals surface area contributed by atoms with Crippen molar-refractivity contribution in [2.75, 3.05) is 13.2 Å². The van der Waals surface area contributed by atoms with Crippen LogP contribution in [-0.4, -0.2) is 128 Å². The van der Waals surface area contributed by atoms with Crippen LogP contribution in [-0.2, 0) is 51.1 Å². The average Bonchev–Trinajstić information content (AvgIpc) is 0.779. The number of hydrogen-bond donors (Lipinski definition) is 9. The number of aliphatic hydroxyl groups is 4. The second-order valence-electron chi connectivity index (χ2n) is 25.6. The predicted octanol–water partition coefficient (Wildman–Crippen LogP) is 14.5. The van der Waals surface area contributed by atoms with E-state index in [1.54, 1.807) is 6.92 Å². The molecule has 2 fully saturated rings. The molecule has 0 bridgehead atoms. The van der Waals surface area contributed by atoms with Crippen LogP contribution >= 0.6 is 15.6 Å². The van der Waals surface area contributed by atoms with Gasteiger partial charge in [0.25, 0.3) is 0 Å². The maximum absolute atomic E-state index is 13.2. The second-order valence-corrected chi connectivity index (χ2v) is 28.6.